The number of nitrogens with zero attached hydrogens (tertiary/aromatic N) is 3. The highest BCUT2D eigenvalue weighted by Crippen LogP contribution is 2.20. The Kier molecular flexibility index (Phi) is 3.87. The zero-order valence-corrected chi connectivity index (χ0v) is 11.1. The number of aryl methyl sites for hydroxylation is 2. The molecular weight excluding hydrogens is 224 g/mol. The van der Waals surface area contributed by atoms with Gasteiger partial charge in [-0.25, -0.2) is 9.97 Å². The maximum absolute atomic E-state index is 4.60. The molecule has 0 amide bonds. The Morgan fingerprint density at radius 1 is 1.22 bits per heavy atom. The van der Waals surface area contributed by atoms with Crippen LogP contribution in [0.5, 0.6) is 0 Å². The van der Waals surface area contributed by atoms with Crippen molar-refractivity contribution in [2.24, 2.45) is 0 Å². The van der Waals surface area contributed by atoms with Crippen molar-refractivity contribution in [2.45, 2.75) is 26.7 Å². The number of anilines is 1. The molecule has 0 bridgehead atoms. The molecule has 4 heteroatoms. The third kappa shape index (κ3) is 2.83. The zero-order valence-electron chi connectivity index (χ0n) is 11.1. The van der Waals surface area contributed by atoms with Crippen LogP contribution in [0.15, 0.2) is 24.4 Å². The lowest BCUT2D eigenvalue weighted by Gasteiger charge is -2.07. The number of nitrogens with one attached hydrogen (secondary N) is 1. The largest absolute Gasteiger partial charge is 0.373 e. The Bertz CT molecular complexity index is 537. The number of pyridine rings is 1. The maximum atomic E-state index is 4.60. The minimum absolute atomic E-state index is 0.859. The van der Waals surface area contributed by atoms with Gasteiger partial charge in [-0.05, 0) is 25.5 Å². The van der Waals surface area contributed by atoms with E-state index in [0.29, 0.717) is 0 Å². The predicted octanol–water partition coefficient (Wildman–Crippen LogP) is 2.84. The second kappa shape index (κ2) is 5.58. The highest BCUT2D eigenvalue weighted by molar-refractivity contribution is 5.62. The Balaban J connectivity index is 2.46. The van der Waals surface area contributed by atoms with Gasteiger partial charge in [0, 0.05) is 37.0 Å². The van der Waals surface area contributed by atoms with Gasteiger partial charge >= 0.3 is 0 Å². The van der Waals surface area contributed by atoms with E-state index < -0.39 is 0 Å². The number of hydrogen-bond donors (Lipinski definition) is 1. The first-order valence-electron chi connectivity index (χ1n) is 6.21. The molecule has 2 heterocycles. The van der Waals surface area contributed by atoms with Crippen molar-refractivity contribution in [3.05, 3.63) is 35.9 Å². The lowest BCUT2D eigenvalue weighted by Crippen LogP contribution is -2.01. The molecule has 18 heavy (non-hydrogen) atoms. The summed E-state index contributed by atoms with van der Waals surface area (Å²) < 4.78 is 0. The average Bonchev–Trinajstić information content (AvgIpc) is 2.39. The molecule has 2 aromatic rings. The van der Waals surface area contributed by atoms with Crippen LogP contribution in [0.1, 0.15) is 24.9 Å². The third-order valence-electron chi connectivity index (χ3n) is 2.69. The van der Waals surface area contributed by atoms with Crippen LogP contribution in [-0.2, 0) is 6.42 Å². The minimum Gasteiger partial charge on any atom is -0.373 e. The van der Waals surface area contributed by atoms with Crippen molar-refractivity contribution < 1.29 is 0 Å². The van der Waals surface area contributed by atoms with Gasteiger partial charge < -0.3 is 5.32 Å². The molecule has 0 fully saturated rings. The molecule has 0 unspecified atom stereocenters. The molecule has 1 N–H and O–H groups in total. The molecule has 4 nitrogen and oxygen atoms in total. The highest BCUT2D eigenvalue weighted by atomic mass is 15.0. The van der Waals surface area contributed by atoms with Crippen molar-refractivity contribution in [1.82, 2.24) is 15.0 Å². The van der Waals surface area contributed by atoms with Crippen molar-refractivity contribution in [3.8, 4) is 11.3 Å². The smallest absolute Gasteiger partial charge is 0.131 e. The van der Waals surface area contributed by atoms with Gasteiger partial charge in [-0.3, -0.25) is 4.98 Å². The third-order valence-corrected chi connectivity index (χ3v) is 2.69. The summed E-state index contributed by atoms with van der Waals surface area (Å²) in [6.45, 7) is 4.11. The molecule has 0 saturated heterocycles. The molecular formula is C14H18N4. The van der Waals surface area contributed by atoms with Crippen LogP contribution in [0.4, 0.5) is 5.82 Å². The first-order chi connectivity index (χ1) is 8.72. The first kappa shape index (κ1) is 12.5. The summed E-state index contributed by atoms with van der Waals surface area (Å²) >= 11 is 0. The summed E-state index contributed by atoms with van der Waals surface area (Å²) in [6.07, 6.45) is 3.75. The van der Waals surface area contributed by atoms with Gasteiger partial charge in [0.15, 0.2) is 0 Å². The van der Waals surface area contributed by atoms with Gasteiger partial charge in [-0.15, -0.1) is 0 Å². The number of hydrogen-bond acceptors (Lipinski definition) is 4. The van der Waals surface area contributed by atoms with Gasteiger partial charge in [0.05, 0.1) is 5.69 Å². The van der Waals surface area contributed by atoms with Crippen molar-refractivity contribution >= 4 is 5.82 Å². The quantitative estimate of drug-likeness (QED) is 0.895. The molecule has 0 aliphatic heterocycles. The zero-order chi connectivity index (χ0) is 13.0. The number of rotatable bonds is 4. The van der Waals surface area contributed by atoms with Gasteiger partial charge in [-0.1, -0.05) is 6.92 Å². The van der Waals surface area contributed by atoms with E-state index in [2.05, 4.69) is 27.2 Å². The molecule has 0 aliphatic rings. The van der Waals surface area contributed by atoms with E-state index in [4.69, 9.17) is 0 Å². The van der Waals surface area contributed by atoms with E-state index in [1.54, 1.807) is 0 Å². The summed E-state index contributed by atoms with van der Waals surface area (Å²) in [5, 5.41) is 3.08. The van der Waals surface area contributed by atoms with Crippen molar-refractivity contribution in [2.75, 3.05) is 12.4 Å². The van der Waals surface area contributed by atoms with Crippen molar-refractivity contribution in [3.63, 3.8) is 0 Å². The molecule has 2 aromatic heterocycles. The van der Waals surface area contributed by atoms with Crippen LogP contribution in [0.3, 0.4) is 0 Å². The van der Waals surface area contributed by atoms with Crippen LogP contribution >= 0.6 is 0 Å². The minimum atomic E-state index is 0.859. The maximum Gasteiger partial charge on any atom is 0.131 e. The molecule has 0 saturated carbocycles. The fourth-order valence-corrected chi connectivity index (χ4v) is 1.81. The Labute approximate surface area is 108 Å². The van der Waals surface area contributed by atoms with Gasteiger partial charge in [0.2, 0.25) is 0 Å². The summed E-state index contributed by atoms with van der Waals surface area (Å²) in [7, 11) is 1.87. The molecule has 2 rings (SSSR count). The van der Waals surface area contributed by atoms with Crippen LogP contribution < -0.4 is 5.32 Å². The highest BCUT2D eigenvalue weighted by Gasteiger charge is 2.06. The van der Waals surface area contributed by atoms with Gasteiger partial charge in [-0.2, -0.15) is 0 Å². The molecule has 0 aromatic carbocycles. The predicted molar refractivity (Wildman–Crippen MR) is 73.5 cm³/mol. The second-order valence-corrected chi connectivity index (χ2v) is 4.24. The molecule has 0 spiro atoms. The van der Waals surface area contributed by atoms with E-state index in [-0.39, 0.29) is 0 Å². The van der Waals surface area contributed by atoms with Crippen LogP contribution in [0.25, 0.3) is 11.3 Å². The van der Waals surface area contributed by atoms with Gasteiger partial charge in [0.25, 0.3) is 0 Å². The lowest BCUT2D eigenvalue weighted by atomic mass is 10.1. The van der Waals surface area contributed by atoms with Crippen LogP contribution in [0, 0.1) is 6.92 Å². The topological polar surface area (TPSA) is 50.7 Å². The number of aromatic nitrogens is 3. The van der Waals surface area contributed by atoms with Crippen LogP contribution in [-0.4, -0.2) is 22.0 Å². The average molecular weight is 242 g/mol. The monoisotopic (exact) mass is 242 g/mol. The molecule has 0 aliphatic carbocycles. The lowest BCUT2D eigenvalue weighted by molar-refractivity contribution is 0.838. The fourth-order valence-electron chi connectivity index (χ4n) is 1.81. The van der Waals surface area contributed by atoms with E-state index in [1.807, 2.05) is 38.4 Å². The Morgan fingerprint density at radius 3 is 2.72 bits per heavy atom. The van der Waals surface area contributed by atoms with E-state index in [1.165, 1.54) is 0 Å². The normalized spacial score (nSPS) is 10.4. The summed E-state index contributed by atoms with van der Waals surface area (Å²) in [5.74, 6) is 1.74. The molecule has 0 atom stereocenters. The summed E-state index contributed by atoms with van der Waals surface area (Å²) in [4.78, 5) is 13.3. The summed E-state index contributed by atoms with van der Waals surface area (Å²) in [6, 6.07) is 5.98. The standard InChI is InChI=1S/C14H18N4/c1-4-5-13-17-12(9-14(15-3)18-13)11-6-7-16-10(2)8-11/h6-9H,4-5H2,1-3H3,(H,15,17,18). The second-order valence-electron chi connectivity index (χ2n) is 4.24. The first-order valence-corrected chi connectivity index (χ1v) is 6.21. The van der Waals surface area contributed by atoms with E-state index in [9.17, 15) is 0 Å². The van der Waals surface area contributed by atoms with Crippen molar-refractivity contribution in [1.29, 1.82) is 0 Å². The fraction of sp³-hybridized carbons (Fsp3) is 0.357. The Morgan fingerprint density at radius 2 is 2.06 bits per heavy atom. The van der Waals surface area contributed by atoms with E-state index in [0.717, 1.165) is 41.4 Å². The SMILES string of the molecule is CCCc1nc(NC)cc(-c2ccnc(C)c2)n1. The van der Waals surface area contributed by atoms with E-state index >= 15 is 0 Å². The van der Waals surface area contributed by atoms with Crippen LogP contribution in [0.2, 0.25) is 0 Å². The molecule has 94 valence electrons. The molecule has 0 radical (unpaired) electrons. The van der Waals surface area contributed by atoms with Gasteiger partial charge in [0.1, 0.15) is 11.6 Å². The summed E-state index contributed by atoms with van der Waals surface area (Å²) in [5.41, 5.74) is 3.02. The Hall–Kier alpha value is -1.97.